The quantitative estimate of drug-likeness (QED) is 0.701. The van der Waals surface area contributed by atoms with Gasteiger partial charge in [-0.05, 0) is 31.3 Å². The Hall–Kier alpha value is 0.270. The molecular formula is C8H17NOS. The van der Waals surface area contributed by atoms with Crippen molar-refractivity contribution in [3.63, 3.8) is 0 Å². The van der Waals surface area contributed by atoms with Crippen LogP contribution in [0.4, 0.5) is 0 Å². The minimum atomic E-state index is 0.185. The lowest BCUT2D eigenvalue weighted by Crippen LogP contribution is -2.28. The Labute approximate surface area is 72.9 Å². The van der Waals surface area contributed by atoms with Gasteiger partial charge in [-0.1, -0.05) is 0 Å². The lowest BCUT2D eigenvalue weighted by molar-refractivity contribution is 0.0417. The average Bonchev–Trinajstić information content (AvgIpc) is 2.03. The number of ether oxygens (including phenoxy) is 1. The van der Waals surface area contributed by atoms with Crippen molar-refractivity contribution in [1.29, 1.82) is 0 Å². The zero-order chi connectivity index (χ0) is 8.10. The van der Waals surface area contributed by atoms with Crippen LogP contribution in [-0.2, 0) is 4.74 Å². The molecule has 0 aromatic rings. The van der Waals surface area contributed by atoms with Crippen molar-refractivity contribution in [1.82, 2.24) is 0 Å². The Kier molecular flexibility index (Phi) is 4.26. The van der Waals surface area contributed by atoms with Crippen molar-refractivity contribution in [2.75, 3.05) is 18.1 Å². The molecule has 1 fully saturated rings. The molecule has 0 spiro atoms. The normalized spacial score (nSPS) is 23.5. The first-order valence-electron chi connectivity index (χ1n) is 4.24. The third kappa shape index (κ3) is 3.99. The van der Waals surface area contributed by atoms with Crippen LogP contribution in [0.3, 0.4) is 0 Å². The van der Waals surface area contributed by atoms with Gasteiger partial charge < -0.3 is 10.5 Å². The summed E-state index contributed by atoms with van der Waals surface area (Å²) in [6.07, 6.45) is 2.90. The van der Waals surface area contributed by atoms with E-state index in [9.17, 15) is 0 Å². The van der Waals surface area contributed by atoms with Crippen molar-refractivity contribution < 1.29 is 4.74 Å². The standard InChI is InChI=1S/C8H17NOS/c1-7(9)6-10-8-2-4-11-5-3-8/h7-8H,2-6,9H2,1H3. The fraction of sp³-hybridized carbons (Fsp3) is 1.00. The molecule has 1 unspecified atom stereocenters. The van der Waals surface area contributed by atoms with Gasteiger partial charge in [0.25, 0.3) is 0 Å². The molecule has 2 N–H and O–H groups in total. The minimum absolute atomic E-state index is 0.185. The number of hydrogen-bond acceptors (Lipinski definition) is 3. The number of nitrogens with two attached hydrogens (primary N) is 1. The monoisotopic (exact) mass is 175 g/mol. The van der Waals surface area contributed by atoms with Crippen LogP contribution in [0.2, 0.25) is 0 Å². The first kappa shape index (κ1) is 9.36. The first-order valence-corrected chi connectivity index (χ1v) is 5.39. The number of hydrogen-bond donors (Lipinski definition) is 1. The summed E-state index contributed by atoms with van der Waals surface area (Å²) in [6.45, 7) is 2.70. The highest BCUT2D eigenvalue weighted by molar-refractivity contribution is 7.99. The molecule has 1 aliphatic heterocycles. The summed E-state index contributed by atoms with van der Waals surface area (Å²) in [4.78, 5) is 0. The maximum atomic E-state index is 5.61. The van der Waals surface area contributed by atoms with E-state index in [-0.39, 0.29) is 6.04 Å². The van der Waals surface area contributed by atoms with Crippen molar-refractivity contribution >= 4 is 11.8 Å². The van der Waals surface area contributed by atoms with Crippen LogP contribution in [0, 0.1) is 0 Å². The second-order valence-electron chi connectivity index (χ2n) is 3.12. The van der Waals surface area contributed by atoms with Crippen LogP contribution in [-0.4, -0.2) is 30.3 Å². The van der Waals surface area contributed by atoms with Gasteiger partial charge in [0.2, 0.25) is 0 Å². The summed E-state index contributed by atoms with van der Waals surface area (Å²) in [7, 11) is 0. The maximum absolute atomic E-state index is 5.61. The highest BCUT2D eigenvalue weighted by Gasteiger charge is 2.13. The molecule has 0 saturated carbocycles. The SMILES string of the molecule is CC(N)COC1CCSCC1. The van der Waals surface area contributed by atoms with Gasteiger partial charge >= 0.3 is 0 Å². The van der Waals surface area contributed by atoms with Gasteiger partial charge in [-0.15, -0.1) is 0 Å². The average molecular weight is 175 g/mol. The summed E-state index contributed by atoms with van der Waals surface area (Å²) in [6, 6.07) is 0.185. The lowest BCUT2D eigenvalue weighted by Gasteiger charge is -2.22. The van der Waals surface area contributed by atoms with Gasteiger partial charge in [0.15, 0.2) is 0 Å². The molecule has 0 radical (unpaired) electrons. The second kappa shape index (κ2) is 5.01. The fourth-order valence-corrected chi connectivity index (χ4v) is 2.19. The first-order chi connectivity index (χ1) is 5.29. The van der Waals surface area contributed by atoms with Crippen molar-refractivity contribution in [2.24, 2.45) is 5.73 Å². The Morgan fingerprint density at radius 1 is 1.55 bits per heavy atom. The summed E-state index contributed by atoms with van der Waals surface area (Å²) in [5.74, 6) is 2.51. The maximum Gasteiger partial charge on any atom is 0.0618 e. The van der Waals surface area contributed by atoms with E-state index < -0.39 is 0 Å². The van der Waals surface area contributed by atoms with Crippen LogP contribution in [0.25, 0.3) is 0 Å². The summed E-state index contributed by atoms with van der Waals surface area (Å²) in [5.41, 5.74) is 5.58. The fourth-order valence-electron chi connectivity index (χ4n) is 1.13. The molecule has 11 heavy (non-hydrogen) atoms. The predicted molar refractivity (Wildman–Crippen MR) is 49.9 cm³/mol. The highest BCUT2D eigenvalue weighted by atomic mass is 32.2. The zero-order valence-corrected chi connectivity index (χ0v) is 7.90. The van der Waals surface area contributed by atoms with Crippen LogP contribution in [0.15, 0.2) is 0 Å². The molecule has 2 nitrogen and oxygen atoms in total. The van der Waals surface area contributed by atoms with Crippen molar-refractivity contribution in [3.8, 4) is 0 Å². The Morgan fingerprint density at radius 2 is 2.18 bits per heavy atom. The van der Waals surface area contributed by atoms with Gasteiger partial charge in [0.05, 0.1) is 12.7 Å². The summed E-state index contributed by atoms with van der Waals surface area (Å²) in [5, 5.41) is 0. The molecule has 1 aliphatic rings. The van der Waals surface area contributed by atoms with E-state index in [1.165, 1.54) is 24.3 Å². The molecule has 3 heteroatoms. The van der Waals surface area contributed by atoms with Crippen LogP contribution in [0.5, 0.6) is 0 Å². The van der Waals surface area contributed by atoms with Gasteiger partial charge in [0, 0.05) is 6.04 Å². The van der Waals surface area contributed by atoms with Crippen LogP contribution >= 0.6 is 11.8 Å². The molecule has 0 aromatic heterocycles. The van der Waals surface area contributed by atoms with Gasteiger partial charge in [0.1, 0.15) is 0 Å². The predicted octanol–water partition coefficient (Wildman–Crippen LogP) is 1.25. The van der Waals surface area contributed by atoms with Crippen molar-refractivity contribution in [3.05, 3.63) is 0 Å². The van der Waals surface area contributed by atoms with Crippen LogP contribution in [0.1, 0.15) is 19.8 Å². The number of rotatable bonds is 3. The van der Waals surface area contributed by atoms with Gasteiger partial charge in [-0.2, -0.15) is 11.8 Å². The van der Waals surface area contributed by atoms with E-state index >= 15 is 0 Å². The van der Waals surface area contributed by atoms with E-state index in [1.54, 1.807) is 0 Å². The molecule has 0 bridgehead atoms. The molecule has 66 valence electrons. The Balaban J connectivity index is 2.05. The second-order valence-corrected chi connectivity index (χ2v) is 4.35. The topological polar surface area (TPSA) is 35.2 Å². The van der Waals surface area contributed by atoms with Gasteiger partial charge in [-0.3, -0.25) is 0 Å². The van der Waals surface area contributed by atoms with Crippen LogP contribution < -0.4 is 5.73 Å². The highest BCUT2D eigenvalue weighted by Crippen LogP contribution is 2.19. The molecule has 0 amide bonds. The molecule has 1 rings (SSSR count). The van der Waals surface area contributed by atoms with E-state index in [0.717, 1.165) is 6.61 Å². The molecule has 1 saturated heterocycles. The lowest BCUT2D eigenvalue weighted by atomic mass is 10.2. The summed E-state index contributed by atoms with van der Waals surface area (Å²) < 4.78 is 5.61. The third-order valence-corrected chi connectivity index (χ3v) is 2.81. The van der Waals surface area contributed by atoms with E-state index in [4.69, 9.17) is 10.5 Å². The molecular weight excluding hydrogens is 158 g/mol. The Morgan fingerprint density at radius 3 is 2.73 bits per heavy atom. The van der Waals surface area contributed by atoms with E-state index in [1.807, 2.05) is 18.7 Å². The van der Waals surface area contributed by atoms with E-state index in [2.05, 4.69) is 0 Å². The third-order valence-electron chi connectivity index (χ3n) is 1.76. The Bertz CT molecular complexity index is 102. The molecule has 0 aliphatic carbocycles. The molecule has 1 atom stereocenters. The van der Waals surface area contributed by atoms with E-state index in [0.29, 0.717) is 6.10 Å². The zero-order valence-electron chi connectivity index (χ0n) is 7.08. The minimum Gasteiger partial charge on any atom is -0.377 e. The largest absolute Gasteiger partial charge is 0.377 e. The van der Waals surface area contributed by atoms with Gasteiger partial charge in [-0.25, -0.2) is 0 Å². The summed E-state index contributed by atoms with van der Waals surface area (Å²) >= 11 is 2.02. The smallest absolute Gasteiger partial charge is 0.0618 e. The van der Waals surface area contributed by atoms with Crippen molar-refractivity contribution in [2.45, 2.75) is 31.9 Å². The molecule has 0 aromatic carbocycles. The molecule has 1 heterocycles. The number of thioether (sulfide) groups is 1.